The Morgan fingerprint density at radius 1 is 1.30 bits per heavy atom. The second kappa shape index (κ2) is 6.38. The predicted molar refractivity (Wildman–Crippen MR) is 69.9 cm³/mol. The number of ether oxygens (including phenoxy) is 1. The van der Waals surface area contributed by atoms with E-state index in [4.69, 9.17) is 9.84 Å². The summed E-state index contributed by atoms with van der Waals surface area (Å²) < 4.78 is 5.01. The molecule has 2 atom stereocenters. The van der Waals surface area contributed by atoms with Gasteiger partial charge in [-0.1, -0.05) is 30.3 Å². The van der Waals surface area contributed by atoms with Crippen molar-refractivity contribution in [3.63, 3.8) is 0 Å². The maximum Gasteiger partial charge on any atom is 0.407 e. The first-order valence-electron chi connectivity index (χ1n) is 6.46. The zero-order valence-electron chi connectivity index (χ0n) is 10.9. The molecule has 1 aliphatic carbocycles. The average Bonchev–Trinajstić information content (AvgIpc) is 3.27. The molecule has 0 spiro atoms. The summed E-state index contributed by atoms with van der Waals surface area (Å²) in [6.07, 6.45) is -0.722. The highest BCUT2D eigenvalue weighted by atomic mass is 16.5. The number of nitrogens with one attached hydrogen (secondary N) is 1. The molecular weight excluding hydrogens is 262 g/mol. The van der Waals surface area contributed by atoms with Crippen molar-refractivity contribution < 1.29 is 24.5 Å². The van der Waals surface area contributed by atoms with E-state index in [1.807, 2.05) is 30.3 Å². The van der Waals surface area contributed by atoms with E-state index in [2.05, 4.69) is 5.32 Å². The lowest BCUT2D eigenvalue weighted by atomic mass is 10.1. The van der Waals surface area contributed by atoms with Crippen LogP contribution in [0.4, 0.5) is 4.79 Å². The minimum Gasteiger partial charge on any atom is -0.479 e. The van der Waals surface area contributed by atoms with Crippen molar-refractivity contribution in [3.8, 4) is 0 Å². The Labute approximate surface area is 116 Å². The van der Waals surface area contributed by atoms with Gasteiger partial charge in [0.15, 0.2) is 6.10 Å². The number of alkyl carbamates (subject to hydrolysis) is 1. The Balaban J connectivity index is 1.84. The zero-order chi connectivity index (χ0) is 14.5. The van der Waals surface area contributed by atoms with Crippen molar-refractivity contribution in [1.29, 1.82) is 0 Å². The van der Waals surface area contributed by atoms with E-state index in [9.17, 15) is 14.7 Å². The third-order valence-electron chi connectivity index (χ3n) is 3.22. The molecule has 1 saturated carbocycles. The Hall–Kier alpha value is -2.08. The van der Waals surface area contributed by atoms with Crippen LogP contribution in [-0.2, 0) is 16.1 Å². The zero-order valence-corrected chi connectivity index (χ0v) is 10.9. The Morgan fingerprint density at radius 3 is 2.50 bits per heavy atom. The van der Waals surface area contributed by atoms with E-state index in [-0.39, 0.29) is 12.5 Å². The van der Waals surface area contributed by atoms with E-state index >= 15 is 0 Å². The fourth-order valence-electron chi connectivity index (χ4n) is 1.96. The molecule has 1 aliphatic rings. The van der Waals surface area contributed by atoms with Crippen molar-refractivity contribution in [3.05, 3.63) is 35.9 Å². The second-order valence-corrected chi connectivity index (χ2v) is 4.85. The van der Waals surface area contributed by atoms with E-state index in [0.29, 0.717) is 0 Å². The molecule has 1 fully saturated rings. The maximum atomic E-state index is 11.6. The number of aliphatic hydroxyl groups excluding tert-OH is 1. The van der Waals surface area contributed by atoms with Gasteiger partial charge >= 0.3 is 12.1 Å². The molecule has 0 bridgehead atoms. The molecule has 0 heterocycles. The first kappa shape index (κ1) is 14.3. The number of amides is 1. The van der Waals surface area contributed by atoms with Crippen molar-refractivity contribution in [2.24, 2.45) is 5.92 Å². The van der Waals surface area contributed by atoms with Gasteiger partial charge < -0.3 is 20.3 Å². The van der Waals surface area contributed by atoms with E-state index < -0.39 is 24.2 Å². The summed E-state index contributed by atoms with van der Waals surface area (Å²) >= 11 is 0. The van der Waals surface area contributed by atoms with Gasteiger partial charge in [-0.2, -0.15) is 0 Å². The second-order valence-electron chi connectivity index (χ2n) is 4.85. The summed E-state index contributed by atoms with van der Waals surface area (Å²) in [6, 6.07) is 8.36. The molecule has 0 saturated heterocycles. The van der Waals surface area contributed by atoms with E-state index in [0.717, 1.165) is 18.4 Å². The molecule has 2 unspecified atom stereocenters. The number of aliphatic hydroxyl groups is 1. The summed E-state index contributed by atoms with van der Waals surface area (Å²) in [5.74, 6) is -1.34. The van der Waals surface area contributed by atoms with Crippen LogP contribution in [0.5, 0.6) is 0 Å². The number of carboxylic acids is 1. The smallest absolute Gasteiger partial charge is 0.407 e. The molecule has 0 radical (unpaired) electrons. The van der Waals surface area contributed by atoms with Gasteiger partial charge in [0.1, 0.15) is 6.61 Å². The lowest BCUT2D eigenvalue weighted by Gasteiger charge is -2.20. The van der Waals surface area contributed by atoms with Gasteiger partial charge in [0.2, 0.25) is 0 Å². The summed E-state index contributed by atoms with van der Waals surface area (Å²) in [7, 11) is 0. The average molecular weight is 279 g/mol. The van der Waals surface area contributed by atoms with Gasteiger partial charge in [-0.05, 0) is 24.3 Å². The van der Waals surface area contributed by atoms with Crippen molar-refractivity contribution in [2.45, 2.75) is 31.6 Å². The highest BCUT2D eigenvalue weighted by Crippen LogP contribution is 2.34. The van der Waals surface area contributed by atoms with Gasteiger partial charge in [-0.3, -0.25) is 0 Å². The molecular formula is C14H17NO5. The molecule has 6 heteroatoms. The maximum absolute atomic E-state index is 11.6. The lowest BCUT2D eigenvalue weighted by molar-refractivity contribution is -0.148. The Morgan fingerprint density at radius 2 is 1.95 bits per heavy atom. The summed E-state index contributed by atoms with van der Waals surface area (Å²) in [5, 5.41) is 20.8. The van der Waals surface area contributed by atoms with Crippen LogP contribution >= 0.6 is 0 Å². The number of hydrogen-bond donors (Lipinski definition) is 3. The van der Waals surface area contributed by atoms with Gasteiger partial charge in [0, 0.05) is 0 Å². The topological polar surface area (TPSA) is 95.9 Å². The summed E-state index contributed by atoms with van der Waals surface area (Å²) in [5.41, 5.74) is 0.837. The summed E-state index contributed by atoms with van der Waals surface area (Å²) in [6.45, 7) is 0.104. The van der Waals surface area contributed by atoms with E-state index in [1.54, 1.807) is 0 Å². The van der Waals surface area contributed by atoms with Crippen LogP contribution in [0.3, 0.4) is 0 Å². The number of rotatable bonds is 6. The molecule has 6 nitrogen and oxygen atoms in total. The molecule has 1 aromatic rings. The third-order valence-corrected chi connectivity index (χ3v) is 3.22. The SMILES string of the molecule is O=C(NC(C1CC1)C(O)C(=O)O)OCc1ccccc1. The molecule has 2 rings (SSSR count). The van der Waals surface area contributed by atoms with Crippen molar-refractivity contribution >= 4 is 12.1 Å². The van der Waals surface area contributed by atoms with Crippen LogP contribution < -0.4 is 5.32 Å². The normalized spacial score (nSPS) is 17.1. The van der Waals surface area contributed by atoms with Crippen LogP contribution in [-0.4, -0.2) is 34.4 Å². The van der Waals surface area contributed by atoms with Gasteiger partial charge in [0.05, 0.1) is 6.04 Å². The largest absolute Gasteiger partial charge is 0.479 e. The van der Waals surface area contributed by atoms with Crippen LogP contribution in [0.25, 0.3) is 0 Å². The number of hydrogen-bond acceptors (Lipinski definition) is 4. The first-order chi connectivity index (χ1) is 9.58. The monoisotopic (exact) mass is 279 g/mol. The standard InChI is InChI=1S/C14H17NO5/c16-12(13(17)18)11(10-6-7-10)15-14(19)20-8-9-4-2-1-3-5-9/h1-5,10-12,16H,6-8H2,(H,15,19)(H,17,18). The minimum atomic E-state index is -1.60. The number of aliphatic carboxylic acids is 1. The van der Waals surface area contributed by atoms with Crippen LogP contribution in [0, 0.1) is 5.92 Å². The quantitative estimate of drug-likeness (QED) is 0.725. The van der Waals surface area contributed by atoms with Gasteiger partial charge in [0.25, 0.3) is 0 Å². The van der Waals surface area contributed by atoms with Gasteiger partial charge in [-0.15, -0.1) is 0 Å². The number of carboxylic acid groups (broad SMARTS) is 1. The van der Waals surface area contributed by atoms with Gasteiger partial charge in [-0.25, -0.2) is 9.59 Å². The van der Waals surface area contributed by atoms with Crippen LogP contribution in [0.15, 0.2) is 30.3 Å². The Bertz CT molecular complexity index is 472. The minimum absolute atomic E-state index is 0.00498. The molecule has 20 heavy (non-hydrogen) atoms. The molecule has 3 N–H and O–H groups in total. The highest BCUT2D eigenvalue weighted by Gasteiger charge is 2.40. The predicted octanol–water partition coefficient (Wildman–Crippen LogP) is 1.14. The fraction of sp³-hybridized carbons (Fsp3) is 0.429. The highest BCUT2D eigenvalue weighted by molar-refractivity contribution is 5.75. The molecule has 0 aliphatic heterocycles. The van der Waals surface area contributed by atoms with Crippen molar-refractivity contribution in [2.75, 3.05) is 0 Å². The number of carbonyl (C=O) groups excluding carboxylic acids is 1. The molecule has 0 aromatic heterocycles. The van der Waals surface area contributed by atoms with Crippen LogP contribution in [0.2, 0.25) is 0 Å². The third kappa shape index (κ3) is 3.96. The summed E-state index contributed by atoms with van der Waals surface area (Å²) in [4.78, 5) is 22.4. The Kier molecular flexibility index (Phi) is 4.57. The molecule has 108 valence electrons. The first-order valence-corrected chi connectivity index (χ1v) is 6.46. The number of carbonyl (C=O) groups is 2. The fourth-order valence-corrected chi connectivity index (χ4v) is 1.96. The van der Waals surface area contributed by atoms with Crippen LogP contribution in [0.1, 0.15) is 18.4 Å². The molecule has 1 amide bonds. The van der Waals surface area contributed by atoms with E-state index in [1.165, 1.54) is 0 Å². The van der Waals surface area contributed by atoms with Crippen molar-refractivity contribution in [1.82, 2.24) is 5.32 Å². The molecule has 1 aromatic carbocycles. The lowest BCUT2D eigenvalue weighted by Crippen LogP contribution is -2.48. The number of benzene rings is 1.